The number of carbonyl (C=O) groups excluding carboxylic acids is 3. The Kier molecular flexibility index (Phi) is 6.56. The van der Waals surface area contributed by atoms with Crippen molar-refractivity contribution >= 4 is 17.7 Å². The first-order valence-electron chi connectivity index (χ1n) is 8.89. The Morgan fingerprint density at radius 3 is 2.40 bits per heavy atom. The molecule has 1 heterocycles. The number of nitrogens with two attached hydrogens (primary N) is 1. The minimum atomic E-state index is -0.808. The molecule has 6 nitrogen and oxygen atoms in total. The summed E-state index contributed by atoms with van der Waals surface area (Å²) >= 11 is 0. The third-order valence-electron chi connectivity index (χ3n) is 4.86. The van der Waals surface area contributed by atoms with Crippen molar-refractivity contribution in [2.75, 3.05) is 6.54 Å². The molecule has 0 aliphatic carbocycles. The number of rotatable bonds is 8. The van der Waals surface area contributed by atoms with Gasteiger partial charge in [-0.25, -0.2) is 0 Å². The zero-order chi connectivity index (χ0) is 18.4. The number of piperazine rings is 1. The van der Waals surface area contributed by atoms with Gasteiger partial charge in [-0.1, -0.05) is 57.0 Å². The van der Waals surface area contributed by atoms with Gasteiger partial charge in [0.2, 0.25) is 17.7 Å². The van der Waals surface area contributed by atoms with Crippen LogP contribution in [0.25, 0.3) is 0 Å². The highest BCUT2D eigenvalue weighted by Crippen LogP contribution is 2.20. The predicted octanol–water partition coefficient (Wildman–Crippen LogP) is 1.24. The average Bonchev–Trinajstić information content (AvgIpc) is 2.60. The van der Waals surface area contributed by atoms with Gasteiger partial charge in [0.15, 0.2) is 0 Å². The number of nitrogens with one attached hydrogen (secondary N) is 1. The summed E-state index contributed by atoms with van der Waals surface area (Å²) in [4.78, 5) is 38.5. The lowest BCUT2D eigenvalue weighted by molar-refractivity contribution is -0.151. The van der Waals surface area contributed by atoms with Crippen LogP contribution in [0.4, 0.5) is 0 Å². The van der Waals surface area contributed by atoms with E-state index < -0.39 is 18.0 Å². The van der Waals surface area contributed by atoms with Gasteiger partial charge in [-0.05, 0) is 11.5 Å². The number of carbonyl (C=O) groups is 3. The van der Waals surface area contributed by atoms with Gasteiger partial charge in [-0.2, -0.15) is 0 Å². The number of amides is 3. The topological polar surface area (TPSA) is 92.5 Å². The van der Waals surface area contributed by atoms with Gasteiger partial charge in [0.05, 0.1) is 6.42 Å². The van der Waals surface area contributed by atoms with Crippen LogP contribution in [0, 0.1) is 5.92 Å². The summed E-state index contributed by atoms with van der Waals surface area (Å²) in [5, 5.41) is 2.77. The molecule has 3 N–H and O–H groups in total. The first-order valence-corrected chi connectivity index (χ1v) is 8.89. The van der Waals surface area contributed by atoms with Gasteiger partial charge in [-0.3, -0.25) is 14.4 Å². The van der Waals surface area contributed by atoms with E-state index in [0.717, 1.165) is 18.4 Å². The summed E-state index contributed by atoms with van der Waals surface area (Å²) in [6.45, 7) is 4.60. The standard InChI is InChI=1S/C19H27N3O3/c1-3-13(4-2)12-22-16(11-17(20)23)18(24)21-15(19(22)25)10-14-8-6-5-7-9-14/h5-9,13,15-16H,3-4,10-12H2,1-2H3,(H2,20,23)(H,21,24)/t15-,16-/m0/s1. The number of benzene rings is 1. The van der Waals surface area contributed by atoms with E-state index >= 15 is 0 Å². The van der Waals surface area contributed by atoms with E-state index in [2.05, 4.69) is 19.2 Å². The van der Waals surface area contributed by atoms with Crippen molar-refractivity contribution in [3.05, 3.63) is 35.9 Å². The van der Waals surface area contributed by atoms with E-state index in [1.54, 1.807) is 4.90 Å². The molecule has 0 spiro atoms. The van der Waals surface area contributed by atoms with Crippen LogP contribution in [-0.4, -0.2) is 41.2 Å². The fraction of sp³-hybridized carbons (Fsp3) is 0.526. The SMILES string of the molecule is CCC(CC)CN1C(=O)[C@H](Cc2ccccc2)NC(=O)[C@@H]1CC(N)=O. The maximum absolute atomic E-state index is 13.0. The van der Waals surface area contributed by atoms with Crippen LogP contribution in [-0.2, 0) is 20.8 Å². The monoisotopic (exact) mass is 345 g/mol. The second-order valence-corrected chi connectivity index (χ2v) is 6.61. The molecule has 0 radical (unpaired) electrons. The maximum atomic E-state index is 13.0. The van der Waals surface area contributed by atoms with Gasteiger partial charge in [0.1, 0.15) is 12.1 Å². The number of nitrogens with zero attached hydrogens (tertiary/aromatic N) is 1. The van der Waals surface area contributed by atoms with Crippen molar-refractivity contribution in [1.29, 1.82) is 0 Å². The molecular formula is C19H27N3O3. The predicted molar refractivity (Wildman–Crippen MR) is 95.5 cm³/mol. The molecule has 1 aliphatic heterocycles. The van der Waals surface area contributed by atoms with Gasteiger partial charge < -0.3 is 16.0 Å². The lowest BCUT2D eigenvalue weighted by atomic mass is 9.95. The Balaban J connectivity index is 2.22. The van der Waals surface area contributed by atoms with Crippen LogP contribution >= 0.6 is 0 Å². The average molecular weight is 345 g/mol. The van der Waals surface area contributed by atoms with Crippen LogP contribution in [0.1, 0.15) is 38.7 Å². The second kappa shape index (κ2) is 8.65. The van der Waals surface area contributed by atoms with E-state index in [0.29, 0.717) is 18.9 Å². The van der Waals surface area contributed by atoms with Crippen LogP contribution in [0.3, 0.4) is 0 Å². The molecule has 1 aliphatic rings. The maximum Gasteiger partial charge on any atom is 0.246 e. The van der Waals surface area contributed by atoms with E-state index in [-0.39, 0.29) is 18.2 Å². The van der Waals surface area contributed by atoms with Gasteiger partial charge >= 0.3 is 0 Å². The molecule has 6 heteroatoms. The summed E-state index contributed by atoms with van der Waals surface area (Å²) in [5.74, 6) is -0.724. The van der Waals surface area contributed by atoms with Crippen molar-refractivity contribution in [1.82, 2.24) is 10.2 Å². The Morgan fingerprint density at radius 1 is 1.20 bits per heavy atom. The summed E-state index contributed by atoms with van der Waals surface area (Å²) in [6.07, 6.45) is 2.12. The summed E-state index contributed by atoms with van der Waals surface area (Å²) in [6, 6.07) is 8.17. The molecule has 3 amide bonds. The van der Waals surface area contributed by atoms with Crippen LogP contribution in [0.5, 0.6) is 0 Å². The molecule has 136 valence electrons. The zero-order valence-electron chi connectivity index (χ0n) is 14.9. The molecule has 0 saturated carbocycles. The van der Waals surface area contributed by atoms with Crippen LogP contribution in [0.2, 0.25) is 0 Å². The third kappa shape index (κ3) is 4.81. The molecule has 2 rings (SSSR count). The number of hydrogen-bond acceptors (Lipinski definition) is 3. The summed E-state index contributed by atoms with van der Waals surface area (Å²) < 4.78 is 0. The first-order chi connectivity index (χ1) is 12.0. The first kappa shape index (κ1) is 19.0. The Hall–Kier alpha value is -2.37. The lowest BCUT2D eigenvalue weighted by Gasteiger charge is -2.40. The van der Waals surface area contributed by atoms with Gasteiger partial charge in [0, 0.05) is 13.0 Å². The lowest BCUT2D eigenvalue weighted by Crippen LogP contribution is -2.65. The molecule has 0 aromatic heterocycles. The minimum Gasteiger partial charge on any atom is -0.370 e. The van der Waals surface area contributed by atoms with E-state index in [1.165, 1.54) is 0 Å². The molecule has 1 saturated heterocycles. The van der Waals surface area contributed by atoms with Crippen LogP contribution in [0.15, 0.2) is 30.3 Å². The quantitative estimate of drug-likeness (QED) is 0.742. The highest BCUT2D eigenvalue weighted by Gasteiger charge is 2.41. The second-order valence-electron chi connectivity index (χ2n) is 6.61. The molecule has 1 fully saturated rings. The molecule has 0 unspecified atom stereocenters. The molecule has 1 aromatic rings. The summed E-state index contributed by atoms with van der Waals surface area (Å²) in [7, 11) is 0. The smallest absolute Gasteiger partial charge is 0.246 e. The van der Waals surface area contributed by atoms with Crippen molar-refractivity contribution in [3.63, 3.8) is 0 Å². The van der Waals surface area contributed by atoms with Crippen molar-refractivity contribution in [3.8, 4) is 0 Å². The Bertz CT molecular complexity index is 614. The molecule has 1 aromatic carbocycles. The minimum absolute atomic E-state index is 0.137. The molecule has 25 heavy (non-hydrogen) atoms. The Morgan fingerprint density at radius 2 is 1.84 bits per heavy atom. The van der Waals surface area contributed by atoms with Crippen molar-refractivity contribution in [2.24, 2.45) is 11.7 Å². The Labute approximate surface area is 148 Å². The highest BCUT2D eigenvalue weighted by molar-refractivity contribution is 5.99. The largest absolute Gasteiger partial charge is 0.370 e. The number of hydrogen-bond donors (Lipinski definition) is 2. The van der Waals surface area contributed by atoms with E-state index in [4.69, 9.17) is 5.73 Å². The summed E-state index contributed by atoms with van der Waals surface area (Å²) in [5.41, 5.74) is 6.27. The van der Waals surface area contributed by atoms with Crippen molar-refractivity contribution in [2.45, 2.75) is 51.6 Å². The van der Waals surface area contributed by atoms with E-state index in [1.807, 2.05) is 30.3 Å². The molecule has 0 bridgehead atoms. The highest BCUT2D eigenvalue weighted by atomic mass is 16.2. The molecule has 2 atom stereocenters. The van der Waals surface area contributed by atoms with Crippen LogP contribution < -0.4 is 11.1 Å². The third-order valence-corrected chi connectivity index (χ3v) is 4.86. The zero-order valence-corrected chi connectivity index (χ0v) is 14.9. The van der Waals surface area contributed by atoms with Crippen molar-refractivity contribution < 1.29 is 14.4 Å². The fourth-order valence-corrected chi connectivity index (χ4v) is 3.25. The van der Waals surface area contributed by atoms with Gasteiger partial charge in [0.25, 0.3) is 0 Å². The normalized spacial score (nSPS) is 20.7. The van der Waals surface area contributed by atoms with Gasteiger partial charge in [-0.15, -0.1) is 0 Å². The number of primary amides is 1. The van der Waals surface area contributed by atoms with E-state index in [9.17, 15) is 14.4 Å². The molecular weight excluding hydrogens is 318 g/mol. The fourth-order valence-electron chi connectivity index (χ4n) is 3.25.